The largest absolute Gasteiger partial charge is 0.487 e. The fourth-order valence-electron chi connectivity index (χ4n) is 4.32. The molecule has 0 amide bonds. The van der Waals surface area contributed by atoms with Gasteiger partial charge in [-0.1, -0.05) is 36.4 Å². The minimum absolute atomic E-state index is 0.0933. The Balaban J connectivity index is 1.53. The minimum atomic E-state index is -0.895. The van der Waals surface area contributed by atoms with Gasteiger partial charge in [0.1, 0.15) is 23.9 Å². The summed E-state index contributed by atoms with van der Waals surface area (Å²) in [5.74, 6) is 0.162. The number of ether oxygens (including phenoxy) is 1. The Bertz CT molecular complexity index is 1560. The summed E-state index contributed by atoms with van der Waals surface area (Å²) in [5, 5.41) is 17.1. The molecule has 0 unspecified atom stereocenters. The summed E-state index contributed by atoms with van der Waals surface area (Å²) in [5.41, 5.74) is 10.4. The van der Waals surface area contributed by atoms with Crippen LogP contribution >= 0.6 is 0 Å². The summed E-state index contributed by atoms with van der Waals surface area (Å²) in [6.45, 7) is 4.42. The summed E-state index contributed by atoms with van der Waals surface area (Å²) in [6.07, 6.45) is 1.70. The molecule has 7 nitrogen and oxygen atoms in total. The highest BCUT2D eigenvalue weighted by atomic mass is 16.5. The lowest BCUT2D eigenvalue weighted by Gasteiger charge is -2.09. The van der Waals surface area contributed by atoms with Crippen molar-refractivity contribution in [3.63, 3.8) is 0 Å². The van der Waals surface area contributed by atoms with Crippen molar-refractivity contribution in [2.75, 3.05) is 5.73 Å². The maximum Gasteiger partial charge on any atom is 0.307 e. The van der Waals surface area contributed by atoms with E-state index in [2.05, 4.69) is 49.2 Å². The second kappa shape index (κ2) is 9.10. The van der Waals surface area contributed by atoms with Crippen molar-refractivity contribution in [1.29, 1.82) is 0 Å². The Morgan fingerprint density at radius 2 is 1.80 bits per heavy atom. The van der Waals surface area contributed by atoms with Gasteiger partial charge in [0.25, 0.3) is 0 Å². The lowest BCUT2D eigenvalue weighted by atomic mass is 10.0. The number of nitrogens with two attached hydrogens (primary N) is 1. The third-order valence-corrected chi connectivity index (χ3v) is 6.03. The molecule has 0 aliphatic carbocycles. The van der Waals surface area contributed by atoms with Gasteiger partial charge in [-0.2, -0.15) is 5.10 Å². The van der Waals surface area contributed by atoms with Crippen LogP contribution in [0, 0.1) is 0 Å². The maximum atomic E-state index is 11.2. The van der Waals surface area contributed by atoms with Crippen LogP contribution < -0.4 is 10.5 Å². The molecule has 0 aliphatic heterocycles. The standard InChI is InChI=1S/C28H26N4O3/c1-17(2)32-25-10-9-19(18-7-8-20-13-27(29)30-15-22(20)11-18)12-23(25)24(31-32)16-35-26-6-4-3-5-21(26)14-28(33)34/h3-13,15,17H,14,16H2,1-2H3,(H2,29,30)(H,33,34). The fourth-order valence-corrected chi connectivity index (χ4v) is 4.32. The van der Waals surface area contributed by atoms with E-state index in [4.69, 9.17) is 15.6 Å². The maximum absolute atomic E-state index is 11.2. The van der Waals surface area contributed by atoms with E-state index >= 15 is 0 Å². The number of hydrogen-bond donors (Lipinski definition) is 2. The van der Waals surface area contributed by atoms with Crippen LogP contribution in [0.1, 0.15) is 31.1 Å². The number of carboxylic acid groups (broad SMARTS) is 1. The van der Waals surface area contributed by atoms with Gasteiger partial charge < -0.3 is 15.6 Å². The molecule has 0 fully saturated rings. The topological polar surface area (TPSA) is 103 Å². The number of aromatic nitrogens is 3. The Morgan fingerprint density at radius 1 is 1.03 bits per heavy atom. The minimum Gasteiger partial charge on any atom is -0.487 e. The van der Waals surface area contributed by atoms with Gasteiger partial charge in [0.2, 0.25) is 0 Å². The normalized spacial score (nSPS) is 11.4. The number of hydrogen-bond acceptors (Lipinski definition) is 5. The van der Waals surface area contributed by atoms with Crippen LogP contribution in [-0.4, -0.2) is 25.8 Å². The van der Waals surface area contributed by atoms with Crippen LogP contribution in [0.25, 0.3) is 32.8 Å². The summed E-state index contributed by atoms with van der Waals surface area (Å²) in [7, 11) is 0. The molecule has 176 valence electrons. The number of fused-ring (bicyclic) bond motifs is 2. The average molecular weight is 467 g/mol. The van der Waals surface area contributed by atoms with Gasteiger partial charge in [-0.25, -0.2) is 4.98 Å². The molecule has 5 rings (SSSR count). The first-order valence-electron chi connectivity index (χ1n) is 11.5. The second-order valence-corrected chi connectivity index (χ2v) is 8.85. The molecular weight excluding hydrogens is 440 g/mol. The number of para-hydroxylation sites is 1. The molecule has 2 heterocycles. The van der Waals surface area contributed by atoms with Crippen molar-refractivity contribution in [3.05, 3.63) is 84.2 Å². The zero-order valence-electron chi connectivity index (χ0n) is 19.6. The Morgan fingerprint density at radius 3 is 2.60 bits per heavy atom. The van der Waals surface area contributed by atoms with Gasteiger partial charge in [0.05, 0.1) is 11.9 Å². The monoisotopic (exact) mass is 466 g/mol. The third-order valence-electron chi connectivity index (χ3n) is 6.03. The van der Waals surface area contributed by atoms with Gasteiger partial charge in [-0.15, -0.1) is 0 Å². The molecule has 7 heteroatoms. The van der Waals surface area contributed by atoms with E-state index in [0.717, 1.165) is 38.5 Å². The van der Waals surface area contributed by atoms with E-state index in [1.165, 1.54) is 0 Å². The van der Waals surface area contributed by atoms with Gasteiger partial charge in [0.15, 0.2) is 0 Å². The van der Waals surface area contributed by atoms with Crippen molar-refractivity contribution >= 4 is 33.5 Å². The molecule has 0 atom stereocenters. The molecule has 0 aliphatic rings. The zero-order valence-corrected chi connectivity index (χ0v) is 19.6. The first kappa shape index (κ1) is 22.4. The molecule has 0 saturated carbocycles. The van der Waals surface area contributed by atoms with Gasteiger partial charge in [-0.05, 0) is 60.7 Å². The van der Waals surface area contributed by atoms with Crippen molar-refractivity contribution in [1.82, 2.24) is 14.8 Å². The van der Waals surface area contributed by atoms with Gasteiger partial charge >= 0.3 is 5.97 Å². The first-order chi connectivity index (χ1) is 16.9. The van der Waals surface area contributed by atoms with Crippen LogP contribution in [0.15, 0.2) is 72.9 Å². The lowest BCUT2D eigenvalue weighted by molar-refractivity contribution is -0.136. The highest BCUT2D eigenvalue weighted by Crippen LogP contribution is 2.31. The average Bonchev–Trinajstić information content (AvgIpc) is 3.21. The predicted molar refractivity (Wildman–Crippen MR) is 137 cm³/mol. The van der Waals surface area contributed by atoms with Crippen LogP contribution in [0.2, 0.25) is 0 Å². The molecule has 3 N–H and O–H groups in total. The number of nitrogens with zero attached hydrogens (tertiary/aromatic N) is 3. The third kappa shape index (κ3) is 4.53. The van der Waals surface area contributed by atoms with Gasteiger partial charge in [0, 0.05) is 28.6 Å². The highest BCUT2D eigenvalue weighted by molar-refractivity contribution is 5.91. The predicted octanol–water partition coefficient (Wildman–Crippen LogP) is 5.62. The van der Waals surface area contributed by atoms with Crippen molar-refractivity contribution in [2.45, 2.75) is 32.9 Å². The van der Waals surface area contributed by atoms with Crippen LogP contribution in [0.5, 0.6) is 5.75 Å². The number of carboxylic acids is 1. The van der Waals surface area contributed by atoms with E-state index in [-0.39, 0.29) is 19.1 Å². The summed E-state index contributed by atoms with van der Waals surface area (Å²) in [6, 6.07) is 21.8. The lowest BCUT2D eigenvalue weighted by Crippen LogP contribution is -2.06. The Hall–Kier alpha value is -4.39. The number of anilines is 1. The number of aliphatic carboxylic acids is 1. The molecule has 0 bridgehead atoms. The summed E-state index contributed by atoms with van der Waals surface area (Å²) >= 11 is 0. The molecular formula is C28H26N4O3. The number of benzene rings is 3. The van der Waals surface area contributed by atoms with E-state index < -0.39 is 5.97 Å². The fraction of sp³-hybridized carbons (Fsp3) is 0.179. The SMILES string of the molecule is CC(C)n1nc(COc2ccccc2CC(=O)O)c2cc(-c3ccc4cc(N)ncc4c3)ccc21. The number of carbonyl (C=O) groups is 1. The number of nitrogen functional groups attached to an aromatic ring is 1. The molecule has 3 aromatic carbocycles. The molecule has 35 heavy (non-hydrogen) atoms. The summed E-state index contributed by atoms with van der Waals surface area (Å²) < 4.78 is 8.07. The Labute approximate surface area is 202 Å². The van der Waals surface area contributed by atoms with Crippen molar-refractivity contribution < 1.29 is 14.6 Å². The van der Waals surface area contributed by atoms with E-state index in [9.17, 15) is 9.90 Å². The van der Waals surface area contributed by atoms with Crippen LogP contribution in [0.3, 0.4) is 0 Å². The molecule has 5 aromatic rings. The van der Waals surface area contributed by atoms with Crippen molar-refractivity contribution in [3.8, 4) is 16.9 Å². The zero-order chi connectivity index (χ0) is 24.5. The van der Waals surface area contributed by atoms with Crippen LogP contribution in [0.4, 0.5) is 5.82 Å². The highest BCUT2D eigenvalue weighted by Gasteiger charge is 2.16. The quantitative estimate of drug-likeness (QED) is 0.323. The van der Waals surface area contributed by atoms with E-state index in [1.54, 1.807) is 18.3 Å². The second-order valence-electron chi connectivity index (χ2n) is 8.85. The number of rotatable bonds is 7. The van der Waals surface area contributed by atoms with E-state index in [1.807, 2.05) is 28.9 Å². The van der Waals surface area contributed by atoms with E-state index in [0.29, 0.717) is 17.1 Å². The molecule has 2 aromatic heterocycles. The summed E-state index contributed by atoms with van der Waals surface area (Å²) in [4.78, 5) is 15.5. The van der Waals surface area contributed by atoms with Crippen molar-refractivity contribution in [2.24, 2.45) is 0 Å². The number of pyridine rings is 1. The van der Waals surface area contributed by atoms with Gasteiger partial charge in [-0.3, -0.25) is 9.48 Å². The molecule has 0 saturated heterocycles. The smallest absolute Gasteiger partial charge is 0.307 e. The molecule has 0 radical (unpaired) electrons. The Kier molecular flexibility index (Phi) is 5.82. The molecule has 0 spiro atoms. The van der Waals surface area contributed by atoms with Crippen LogP contribution in [-0.2, 0) is 17.8 Å². The first-order valence-corrected chi connectivity index (χ1v) is 11.5.